The first-order valence-electron chi connectivity index (χ1n) is 7.36. The van der Waals surface area contributed by atoms with E-state index in [0.29, 0.717) is 16.5 Å². The minimum atomic E-state index is -0.345. The molecule has 1 aliphatic heterocycles. The Labute approximate surface area is 128 Å². The maximum absolute atomic E-state index is 12.4. The SMILES string of the molecule is COC(=O)c1c(NC(=O)C(C)C2CNC2)sc2c1CCC2. The van der Waals surface area contributed by atoms with Gasteiger partial charge in [-0.3, -0.25) is 4.79 Å². The molecule has 2 aliphatic rings. The summed E-state index contributed by atoms with van der Waals surface area (Å²) in [6.07, 6.45) is 2.96. The molecular weight excluding hydrogens is 288 g/mol. The Morgan fingerprint density at radius 1 is 1.38 bits per heavy atom. The molecule has 1 atom stereocenters. The van der Waals surface area contributed by atoms with E-state index in [1.807, 2.05) is 6.92 Å². The molecule has 0 bridgehead atoms. The highest BCUT2D eigenvalue weighted by Gasteiger charge is 2.32. The molecule has 2 heterocycles. The van der Waals surface area contributed by atoms with E-state index in [-0.39, 0.29) is 17.8 Å². The number of esters is 1. The number of carbonyl (C=O) groups is 2. The molecule has 6 heteroatoms. The highest BCUT2D eigenvalue weighted by Crippen LogP contribution is 2.39. The average Bonchev–Trinajstić information content (AvgIpc) is 2.95. The van der Waals surface area contributed by atoms with Crippen LogP contribution in [0.4, 0.5) is 5.00 Å². The van der Waals surface area contributed by atoms with E-state index in [1.165, 1.54) is 23.3 Å². The van der Waals surface area contributed by atoms with Crippen molar-refractivity contribution in [1.82, 2.24) is 5.32 Å². The normalized spacial score (nSPS) is 18.8. The van der Waals surface area contributed by atoms with E-state index in [1.54, 1.807) is 0 Å². The lowest BCUT2D eigenvalue weighted by Gasteiger charge is -2.31. The predicted octanol–water partition coefficient (Wildman–Crippen LogP) is 1.82. The third kappa shape index (κ3) is 2.58. The van der Waals surface area contributed by atoms with Gasteiger partial charge in [0, 0.05) is 10.8 Å². The summed E-state index contributed by atoms with van der Waals surface area (Å²) in [6, 6.07) is 0. The first kappa shape index (κ1) is 14.5. The number of hydrogen-bond acceptors (Lipinski definition) is 5. The number of aryl methyl sites for hydroxylation is 1. The summed E-state index contributed by atoms with van der Waals surface area (Å²) in [7, 11) is 1.38. The summed E-state index contributed by atoms with van der Waals surface area (Å²) in [5, 5.41) is 6.80. The fourth-order valence-electron chi connectivity index (χ4n) is 2.91. The topological polar surface area (TPSA) is 67.4 Å². The first-order valence-corrected chi connectivity index (χ1v) is 8.18. The fraction of sp³-hybridized carbons (Fsp3) is 0.600. The van der Waals surface area contributed by atoms with Crippen molar-refractivity contribution in [3.05, 3.63) is 16.0 Å². The fourth-order valence-corrected chi connectivity index (χ4v) is 4.20. The van der Waals surface area contributed by atoms with Crippen LogP contribution in [0, 0.1) is 11.8 Å². The lowest BCUT2D eigenvalue weighted by Crippen LogP contribution is -2.48. The van der Waals surface area contributed by atoms with Crippen molar-refractivity contribution in [1.29, 1.82) is 0 Å². The van der Waals surface area contributed by atoms with Crippen LogP contribution in [0.25, 0.3) is 0 Å². The maximum atomic E-state index is 12.4. The van der Waals surface area contributed by atoms with Crippen LogP contribution in [-0.2, 0) is 22.4 Å². The monoisotopic (exact) mass is 308 g/mol. The van der Waals surface area contributed by atoms with Crippen LogP contribution in [0.15, 0.2) is 0 Å². The summed E-state index contributed by atoms with van der Waals surface area (Å²) >= 11 is 1.53. The second-order valence-electron chi connectivity index (χ2n) is 5.75. The van der Waals surface area contributed by atoms with Crippen molar-refractivity contribution < 1.29 is 14.3 Å². The third-order valence-corrected chi connectivity index (χ3v) is 5.69. The van der Waals surface area contributed by atoms with Gasteiger partial charge in [-0.15, -0.1) is 11.3 Å². The van der Waals surface area contributed by atoms with Gasteiger partial charge in [0.1, 0.15) is 5.00 Å². The number of rotatable bonds is 4. The Hall–Kier alpha value is -1.40. The number of nitrogens with one attached hydrogen (secondary N) is 2. The standard InChI is InChI=1S/C15H20N2O3S/c1-8(9-6-16-7-9)13(18)17-14-12(15(19)20-2)10-4-3-5-11(10)21-14/h8-9,16H,3-7H2,1-2H3,(H,17,18). The van der Waals surface area contributed by atoms with Gasteiger partial charge in [0.2, 0.25) is 5.91 Å². The number of hydrogen-bond donors (Lipinski definition) is 2. The zero-order valence-electron chi connectivity index (χ0n) is 12.3. The number of fused-ring (bicyclic) bond motifs is 1. The molecule has 5 nitrogen and oxygen atoms in total. The first-order chi connectivity index (χ1) is 10.1. The van der Waals surface area contributed by atoms with Crippen LogP contribution >= 0.6 is 11.3 Å². The van der Waals surface area contributed by atoms with Gasteiger partial charge >= 0.3 is 5.97 Å². The van der Waals surface area contributed by atoms with Crippen molar-refractivity contribution in [2.75, 3.05) is 25.5 Å². The molecule has 1 aromatic heterocycles. The highest BCUT2D eigenvalue weighted by atomic mass is 32.1. The smallest absolute Gasteiger partial charge is 0.341 e. The quantitative estimate of drug-likeness (QED) is 0.833. The molecule has 2 N–H and O–H groups in total. The van der Waals surface area contributed by atoms with E-state index >= 15 is 0 Å². The summed E-state index contributed by atoms with van der Waals surface area (Å²) in [4.78, 5) is 25.6. The van der Waals surface area contributed by atoms with Gasteiger partial charge < -0.3 is 15.4 Å². The van der Waals surface area contributed by atoms with Crippen molar-refractivity contribution >= 4 is 28.2 Å². The van der Waals surface area contributed by atoms with Crippen LogP contribution in [0.1, 0.15) is 34.1 Å². The number of anilines is 1. The van der Waals surface area contributed by atoms with Gasteiger partial charge in [0.25, 0.3) is 0 Å². The Balaban J connectivity index is 1.81. The number of thiophene rings is 1. The third-order valence-electron chi connectivity index (χ3n) is 4.48. The van der Waals surface area contributed by atoms with Crippen molar-refractivity contribution in [2.24, 2.45) is 11.8 Å². The Bertz CT molecular complexity index is 578. The molecule has 1 unspecified atom stereocenters. The predicted molar refractivity (Wildman–Crippen MR) is 81.8 cm³/mol. The molecule has 0 spiro atoms. The van der Waals surface area contributed by atoms with Gasteiger partial charge in [-0.2, -0.15) is 0 Å². The van der Waals surface area contributed by atoms with E-state index in [0.717, 1.165) is 37.9 Å². The van der Waals surface area contributed by atoms with E-state index in [9.17, 15) is 9.59 Å². The van der Waals surface area contributed by atoms with Crippen LogP contribution in [0.3, 0.4) is 0 Å². The molecule has 0 aromatic carbocycles. The second kappa shape index (κ2) is 5.77. The second-order valence-corrected chi connectivity index (χ2v) is 6.85. The summed E-state index contributed by atoms with van der Waals surface area (Å²) in [5.41, 5.74) is 1.64. The van der Waals surface area contributed by atoms with Crippen molar-refractivity contribution in [3.63, 3.8) is 0 Å². The lowest BCUT2D eigenvalue weighted by molar-refractivity contribution is -0.121. The maximum Gasteiger partial charge on any atom is 0.341 e. The molecule has 3 rings (SSSR count). The minimum absolute atomic E-state index is 0.00780. The molecule has 1 fully saturated rings. The van der Waals surface area contributed by atoms with Gasteiger partial charge in [-0.25, -0.2) is 4.79 Å². The number of carbonyl (C=O) groups excluding carboxylic acids is 2. The Morgan fingerprint density at radius 3 is 2.76 bits per heavy atom. The lowest BCUT2D eigenvalue weighted by atomic mass is 9.88. The Kier molecular flexibility index (Phi) is 3.99. The van der Waals surface area contributed by atoms with Gasteiger partial charge in [0.15, 0.2) is 0 Å². The van der Waals surface area contributed by atoms with Gasteiger partial charge in [0.05, 0.1) is 12.7 Å². The molecule has 0 radical (unpaired) electrons. The molecule has 114 valence electrons. The highest BCUT2D eigenvalue weighted by molar-refractivity contribution is 7.17. The molecule has 1 aliphatic carbocycles. The molecule has 1 saturated heterocycles. The summed E-state index contributed by atoms with van der Waals surface area (Å²) in [5.74, 6) is -0.0127. The molecule has 1 aromatic rings. The zero-order valence-corrected chi connectivity index (χ0v) is 13.1. The summed E-state index contributed by atoms with van der Waals surface area (Å²) in [6.45, 7) is 3.72. The average molecular weight is 308 g/mol. The summed E-state index contributed by atoms with van der Waals surface area (Å²) < 4.78 is 4.89. The van der Waals surface area contributed by atoms with Crippen molar-refractivity contribution in [3.8, 4) is 0 Å². The van der Waals surface area contributed by atoms with E-state index in [4.69, 9.17) is 4.74 Å². The largest absolute Gasteiger partial charge is 0.465 e. The molecule has 0 saturated carbocycles. The number of ether oxygens (including phenoxy) is 1. The van der Waals surface area contributed by atoms with Crippen LogP contribution < -0.4 is 10.6 Å². The molecule has 1 amide bonds. The molecule has 21 heavy (non-hydrogen) atoms. The van der Waals surface area contributed by atoms with Crippen LogP contribution in [0.5, 0.6) is 0 Å². The zero-order chi connectivity index (χ0) is 15.0. The van der Waals surface area contributed by atoms with Crippen molar-refractivity contribution in [2.45, 2.75) is 26.2 Å². The molecular formula is C15H20N2O3S. The van der Waals surface area contributed by atoms with Gasteiger partial charge in [-0.05, 0) is 43.8 Å². The van der Waals surface area contributed by atoms with Crippen LogP contribution in [0.2, 0.25) is 0 Å². The number of amides is 1. The Morgan fingerprint density at radius 2 is 2.14 bits per heavy atom. The minimum Gasteiger partial charge on any atom is -0.465 e. The van der Waals surface area contributed by atoms with Gasteiger partial charge in [-0.1, -0.05) is 6.92 Å². The van der Waals surface area contributed by atoms with E-state index in [2.05, 4.69) is 10.6 Å². The van der Waals surface area contributed by atoms with Crippen LogP contribution in [-0.4, -0.2) is 32.1 Å². The number of methoxy groups -OCH3 is 1. The van der Waals surface area contributed by atoms with E-state index < -0.39 is 0 Å².